The number of nitrogens with one attached hydrogen (secondary N) is 3. The molecular weight excluding hydrogens is 518 g/mol. The molecule has 1 aliphatic rings. The van der Waals surface area contributed by atoms with E-state index in [4.69, 9.17) is 9.47 Å². The maximum Gasteiger partial charge on any atom is 0.224 e. The van der Waals surface area contributed by atoms with Gasteiger partial charge in [0.25, 0.3) is 0 Å². The number of halogens is 2. The zero-order valence-corrected chi connectivity index (χ0v) is 22.3. The lowest BCUT2D eigenvalue weighted by Gasteiger charge is -2.30. The molecule has 0 bridgehead atoms. The molecule has 2 atom stereocenters. The van der Waals surface area contributed by atoms with E-state index in [0.717, 1.165) is 37.2 Å². The van der Waals surface area contributed by atoms with Crippen LogP contribution < -0.4 is 15.4 Å². The third-order valence-corrected chi connectivity index (χ3v) is 6.83. The molecule has 0 radical (unpaired) electrons. The van der Waals surface area contributed by atoms with Gasteiger partial charge >= 0.3 is 0 Å². The Labute approximate surface area is 230 Å². The molecule has 3 aromatic heterocycles. The van der Waals surface area contributed by atoms with E-state index in [9.17, 15) is 13.6 Å². The monoisotopic (exact) mass is 550 g/mol. The Morgan fingerprint density at radius 2 is 2.00 bits per heavy atom. The minimum atomic E-state index is -0.581. The topological polar surface area (TPSA) is 114 Å². The SMILES string of the molecule is CCOCCOc1cccc(CC(=O)N[C@@H]2CCC[C@H](Nc3nc(-c4c[nH]c5ncc(F)cc45)ncc3F)C2)c1. The average molecular weight is 551 g/mol. The summed E-state index contributed by atoms with van der Waals surface area (Å²) in [6.45, 7) is 3.54. The Kier molecular flexibility index (Phi) is 8.80. The number of carbonyl (C=O) groups excluding carboxylic acids is 1. The van der Waals surface area contributed by atoms with Crippen molar-refractivity contribution in [3.05, 3.63) is 66.1 Å². The third kappa shape index (κ3) is 6.90. The molecule has 0 saturated heterocycles. The maximum atomic E-state index is 14.7. The quantitative estimate of drug-likeness (QED) is 0.230. The van der Waals surface area contributed by atoms with Gasteiger partial charge in [-0.3, -0.25) is 4.79 Å². The molecule has 1 saturated carbocycles. The Hall–Kier alpha value is -4.12. The zero-order chi connectivity index (χ0) is 27.9. The summed E-state index contributed by atoms with van der Waals surface area (Å²) in [6, 6.07) is 8.70. The first kappa shape index (κ1) is 27.4. The van der Waals surface area contributed by atoms with Gasteiger partial charge in [-0.15, -0.1) is 0 Å². The second-order valence-electron chi connectivity index (χ2n) is 9.78. The fraction of sp³-hybridized carbons (Fsp3) is 0.379. The molecule has 4 aromatic rings. The van der Waals surface area contributed by atoms with E-state index in [0.29, 0.717) is 48.6 Å². The van der Waals surface area contributed by atoms with Crippen molar-refractivity contribution in [3.8, 4) is 17.1 Å². The summed E-state index contributed by atoms with van der Waals surface area (Å²) in [5.74, 6) is -0.112. The molecule has 3 heterocycles. The Bertz CT molecular complexity index is 1460. The van der Waals surface area contributed by atoms with E-state index in [1.165, 1.54) is 6.07 Å². The van der Waals surface area contributed by atoms with Crippen LogP contribution in [0.1, 0.15) is 38.2 Å². The summed E-state index contributed by atoms with van der Waals surface area (Å²) in [6.07, 6.45) is 7.25. The van der Waals surface area contributed by atoms with E-state index in [1.54, 1.807) is 6.20 Å². The molecule has 0 unspecified atom stereocenters. The molecule has 40 heavy (non-hydrogen) atoms. The van der Waals surface area contributed by atoms with Crippen LogP contribution in [-0.2, 0) is 16.0 Å². The number of fused-ring (bicyclic) bond motifs is 1. The fourth-order valence-electron chi connectivity index (χ4n) is 4.98. The van der Waals surface area contributed by atoms with Crippen molar-refractivity contribution in [1.29, 1.82) is 0 Å². The maximum absolute atomic E-state index is 14.7. The van der Waals surface area contributed by atoms with E-state index in [1.807, 2.05) is 31.2 Å². The number of aromatic nitrogens is 4. The number of hydrogen-bond donors (Lipinski definition) is 3. The normalized spacial score (nSPS) is 17.1. The number of rotatable bonds is 11. The van der Waals surface area contributed by atoms with Crippen LogP contribution in [0.2, 0.25) is 0 Å². The molecule has 5 rings (SSSR count). The summed E-state index contributed by atoms with van der Waals surface area (Å²) in [5.41, 5.74) is 1.88. The number of pyridine rings is 1. The second-order valence-corrected chi connectivity index (χ2v) is 9.78. The molecule has 1 fully saturated rings. The number of nitrogens with zero attached hydrogens (tertiary/aromatic N) is 3. The van der Waals surface area contributed by atoms with Gasteiger partial charge in [0, 0.05) is 35.8 Å². The van der Waals surface area contributed by atoms with Crippen LogP contribution in [0.5, 0.6) is 5.75 Å². The first-order valence-corrected chi connectivity index (χ1v) is 13.5. The molecule has 1 aromatic carbocycles. The van der Waals surface area contributed by atoms with Crippen LogP contribution in [-0.4, -0.2) is 57.7 Å². The van der Waals surface area contributed by atoms with Gasteiger partial charge in [0.15, 0.2) is 17.5 Å². The van der Waals surface area contributed by atoms with Crippen LogP contribution >= 0.6 is 0 Å². The van der Waals surface area contributed by atoms with Crippen molar-refractivity contribution in [1.82, 2.24) is 25.3 Å². The van der Waals surface area contributed by atoms with Crippen molar-refractivity contribution >= 4 is 22.8 Å². The highest BCUT2D eigenvalue weighted by atomic mass is 19.1. The average Bonchev–Trinajstić information content (AvgIpc) is 3.36. The highest BCUT2D eigenvalue weighted by Gasteiger charge is 2.25. The second kappa shape index (κ2) is 12.8. The van der Waals surface area contributed by atoms with Gasteiger partial charge in [0.2, 0.25) is 5.91 Å². The van der Waals surface area contributed by atoms with Crippen molar-refractivity contribution in [2.75, 3.05) is 25.1 Å². The van der Waals surface area contributed by atoms with Crippen LogP contribution in [0.15, 0.2) is 48.9 Å². The van der Waals surface area contributed by atoms with Crippen LogP contribution in [0.3, 0.4) is 0 Å². The minimum Gasteiger partial charge on any atom is -0.491 e. The number of H-pyrrole nitrogens is 1. The standard InChI is InChI=1S/C29H32F2N6O3/c1-2-39-9-10-40-22-8-3-5-18(11-22)12-26(38)35-20-6-4-7-21(14-20)36-29-25(31)17-34-28(37-29)24-16-33-27-23(24)13-19(30)15-32-27/h3,5,8,11,13,15-17,20-21H,2,4,6-7,9-10,12,14H2,1H3,(H,32,33)(H,35,38)(H,34,36,37)/t20-,21+/m1/s1. The summed E-state index contributed by atoms with van der Waals surface area (Å²) in [4.78, 5) is 28.3. The van der Waals surface area contributed by atoms with Gasteiger partial charge in [-0.1, -0.05) is 12.1 Å². The van der Waals surface area contributed by atoms with Gasteiger partial charge in [0.1, 0.15) is 23.8 Å². The van der Waals surface area contributed by atoms with Crippen LogP contribution in [0.4, 0.5) is 14.6 Å². The molecular formula is C29H32F2N6O3. The number of anilines is 1. The molecule has 11 heteroatoms. The molecule has 9 nitrogen and oxygen atoms in total. The summed E-state index contributed by atoms with van der Waals surface area (Å²) in [5, 5.41) is 6.83. The smallest absolute Gasteiger partial charge is 0.224 e. The van der Waals surface area contributed by atoms with Gasteiger partial charge < -0.3 is 25.1 Å². The van der Waals surface area contributed by atoms with E-state index in [-0.39, 0.29) is 36.1 Å². The first-order valence-electron chi connectivity index (χ1n) is 13.5. The van der Waals surface area contributed by atoms with Gasteiger partial charge in [-0.05, 0) is 56.4 Å². The molecule has 0 spiro atoms. The Morgan fingerprint density at radius 1 is 1.12 bits per heavy atom. The lowest BCUT2D eigenvalue weighted by atomic mass is 9.90. The lowest BCUT2D eigenvalue weighted by molar-refractivity contribution is -0.121. The van der Waals surface area contributed by atoms with Gasteiger partial charge in [-0.25, -0.2) is 23.7 Å². The van der Waals surface area contributed by atoms with E-state index < -0.39 is 11.6 Å². The Balaban J connectivity index is 1.18. The van der Waals surface area contributed by atoms with Crippen LogP contribution in [0, 0.1) is 11.6 Å². The number of hydrogen-bond acceptors (Lipinski definition) is 7. The molecule has 0 aliphatic heterocycles. The summed E-state index contributed by atoms with van der Waals surface area (Å²) >= 11 is 0. The van der Waals surface area contributed by atoms with Crippen molar-refractivity contribution < 1.29 is 23.0 Å². The third-order valence-electron chi connectivity index (χ3n) is 6.83. The molecule has 210 valence electrons. The van der Waals surface area contributed by atoms with Gasteiger partial charge in [0.05, 0.1) is 25.4 Å². The number of benzene rings is 1. The first-order chi connectivity index (χ1) is 19.5. The predicted octanol–water partition coefficient (Wildman–Crippen LogP) is 4.80. The zero-order valence-electron chi connectivity index (χ0n) is 22.3. The van der Waals surface area contributed by atoms with Crippen molar-refractivity contribution in [2.45, 2.75) is 51.1 Å². The van der Waals surface area contributed by atoms with Gasteiger partial charge in [-0.2, -0.15) is 0 Å². The summed E-state index contributed by atoms with van der Waals surface area (Å²) in [7, 11) is 0. The number of ether oxygens (including phenoxy) is 2. The largest absolute Gasteiger partial charge is 0.491 e. The van der Waals surface area contributed by atoms with Crippen LogP contribution in [0.25, 0.3) is 22.4 Å². The highest BCUT2D eigenvalue weighted by molar-refractivity contribution is 5.91. The molecule has 1 aliphatic carbocycles. The van der Waals surface area contributed by atoms with E-state index >= 15 is 0 Å². The molecule has 1 amide bonds. The van der Waals surface area contributed by atoms with E-state index in [2.05, 4.69) is 30.6 Å². The molecule has 3 N–H and O–H groups in total. The minimum absolute atomic E-state index is 0.0450. The highest BCUT2D eigenvalue weighted by Crippen LogP contribution is 2.28. The van der Waals surface area contributed by atoms with Crippen molar-refractivity contribution in [2.24, 2.45) is 0 Å². The number of aromatic amines is 1. The predicted molar refractivity (Wildman–Crippen MR) is 147 cm³/mol. The lowest BCUT2D eigenvalue weighted by Crippen LogP contribution is -2.42. The Morgan fingerprint density at radius 3 is 2.88 bits per heavy atom. The summed E-state index contributed by atoms with van der Waals surface area (Å²) < 4.78 is 39.4. The number of carbonyl (C=O) groups is 1. The van der Waals surface area contributed by atoms with Crippen molar-refractivity contribution in [3.63, 3.8) is 0 Å². The number of amides is 1. The fourth-order valence-corrected chi connectivity index (χ4v) is 4.98.